The number of rotatable bonds is 5. The van der Waals surface area contributed by atoms with Gasteiger partial charge in [-0.05, 0) is 31.2 Å². The fourth-order valence-corrected chi connectivity index (χ4v) is 3.16. The number of hydrogen-bond acceptors (Lipinski definition) is 4. The second-order valence-electron chi connectivity index (χ2n) is 4.63. The van der Waals surface area contributed by atoms with Gasteiger partial charge in [0.25, 0.3) is 10.0 Å². The highest BCUT2D eigenvalue weighted by Crippen LogP contribution is 2.23. The first-order valence-electron chi connectivity index (χ1n) is 6.56. The highest BCUT2D eigenvalue weighted by Gasteiger charge is 2.21. The Morgan fingerprint density at radius 3 is 2.70 bits per heavy atom. The summed E-state index contributed by atoms with van der Waals surface area (Å²) in [6, 6.07) is 4.65. The molecule has 0 unspecified atom stereocenters. The Morgan fingerprint density at radius 2 is 2.09 bits per heavy atom. The van der Waals surface area contributed by atoms with Crippen LogP contribution in [0.2, 0.25) is 5.02 Å². The number of benzene rings is 1. The molecule has 1 N–H and O–H groups in total. The van der Waals surface area contributed by atoms with E-state index in [1.54, 1.807) is 6.92 Å². The summed E-state index contributed by atoms with van der Waals surface area (Å²) >= 11 is 5.62. The Balaban J connectivity index is 2.31. The van der Waals surface area contributed by atoms with Crippen LogP contribution in [-0.2, 0) is 21.8 Å². The molecule has 0 aliphatic carbocycles. The fourth-order valence-electron chi connectivity index (χ4n) is 1.86. The number of halogens is 2. The SMILES string of the molecule is CCOC(=O)c1cc(S(=O)(=O)Nc2ccc(F)c(Cl)c2)cn1C. The number of ether oxygens (including phenoxy) is 1. The van der Waals surface area contributed by atoms with Gasteiger partial charge in [0.05, 0.1) is 17.3 Å². The van der Waals surface area contributed by atoms with Gasteiger partial charge in [-0.1, -0.05) is 11.6 Å². The van der Waals surface area contributed by atoms with E-state index in [0.717, 1.165) is 12.1 Å². The van der Waals surface area contributed by atoms with Crippen LogP contribution >= 0.6 is 11.6 Å². The predicted octanol–water partition coefficient (Wildman–Crippen LogP) is 2.80. The van der Waals surface area contributed by atoms with Gasteiger partial charge in [0.15, 0.2) is 0 Å². The molecule has 0 bridgehead atoms. The molecule has 1 aromatic heterocycles. The van der Waals surface area contributed by atoms with Crippen molar-refractivity contribution in [1.82, 2.24) is 4.57 Å². The zero-order valence-electron chi connectivity index (χ0n) is 12.3. The number of carbonyl (C=O) groups excluding carboxylic acids is 1. The van der Waals surface area contributed by atoms with E-state index in [0.29, 0.717) is 0 Å². The van der Waals surface area contributed by atoms with Crippen LogP contribution in [0.4, 0.5) is 10.1 Å². The summed E-state index contributed by atoms with van der Waals surface area (Å²) in [5, 5.41) is -0.203. The Hall–Kier alpha value is -2.06. The van der Waals surface area contributed by atoms with Crippen molar-refractivity contribution in [2.24, 2.45) is 7.05 Å². The maximum Gasteiger partial charge on any atom is 0.354 e. The van der Waals surface area contributed by atoms with E-state index in [1.165, 1.54) is 29.9 Å². The molecule has 0 atom stereocenters. The zero-order chi connectivity index (χ0) is 17.2. The topological polar surface area (TPSA) is 77.4 Å². The largest absolute Gasteiger partial charge is 0.461 e. The van der Waals surface area contributed by atoms with Crippen LogP contribution < -0.4 is 4.72 Å². The Morgan fingerprint density at radius 1 is 1.39 bits per heavy atom. The Bertz CT molecular complexity index is 848. The van der Waals surface area contributed by atoms with E-state index in [9.17, 15) is 17.6 Å². The van der Waals surface area contributed by atoms with Gasteiger partial charge in [-0.2, -0.15) is 0 Å². The van der Waals surface area contributed by atoms with Gasteiger partial charge >= 0.3 is 5.97 Å². The molecule has 0 amide bonds. The van der Waals surface area contributed by atoms with E-state index in [2.05, 4.69) is 4.72 Å². The zero-order valence-corrected chi connectivity index (χ0v) is 13.9. The van der Waals surface area contributed by atoms with Crippen molar-refractivity contribution in [3.63, 3.8) is 0 Å². The van der Waals surface area contributed by atoms with E-state index in [-0.39, 0.29) is 27.9 Å². The standard InChI is InChI=1S/C14H14ClFN2O4S/c1-3-22-14(19)13-7-10(8-18(13)2)23(20,21)17-9-4-5-12(16)11(15)6-9/h4-8,17H,3H2,1-2H3. The molecule has 1 aromatic carbocycles. The molecular formula is C14H14ClFN2O4S. The van der Waals surface area contributed by atoms with Crippen molar-refractivity contribution in [2.45, 2.75) is 11.8 Å². The molecule has 0 saturated heterocycles. The third-order valence-corrected chi connectivity index (χ3v) is 4.58. The van der Waals surface area contributed by atoms with E-state index in [4.69, 9.17) is 16.3 Å². The lowest BCUT2D eigenvalue weighted by Crippen LogP contribution is -2.12. The van der Waals surface area contributed by atoms with Crippen LogP contribution in [0.15, 0.2) is 35.4 Å². The number of esters is 1. The lowest BCUT2D eigenvalue weighted by Gasteiger charge is -2.06. The third-order valence-electron chi connectivity index (χ3n) is 2.95. The van der Waals surface area contributed by atoms with Crippen LogP contribution in [0.25, 0.3) is 0 Å². The smallest absolute Gasteiger partial charge is 0.354 e. The van der Waals surface area contributed by atoms with Crippen molar-refractivity contribution >= 4 is 33.3 Å². The predicted molar refractivity (Wildman–Crippen MR) is 83.6 cm³/mol. The minimum absolute atomic E-state index is 0.101. The lowest BCUT2D eigenvalue weighted by atomic mass is 10.3. The molecule has 0 aliphatic rings. The Labute approximate surface area is 137 Å². The second kappa shape index (κ2) is 6.59. The molecule has 0 spiro atoms. The van der Waals surface area contributed by atoms with Gasteiger partial charge in [-0.3, -0.25) is 4.72 Å². The average molecular weight is 361 g/mol. The van der Waals surface area contributed by atoms with Crippen LogP contribution in [0.3, 0.4) is 0 Å². The van der Waals surface area contributed by atoms with Crippen LogP contribution in [0.1, 0.15) is 17.4 Å². The molecular weight excluding hydrogens is 347 g/mol. The minimum atomic E-state index is -3.95. The number of carbonyl (C=O) groups is 1. The van der Waals surface area contributed by atoms with E-state index >= 15 is 0 Å². The summed E-state index contributed by atoms with van der Waals surface area (Å²) in [5.41, 5.74) is 0.210. The highest BCUT2D eigenvalue weighted by atomic mass is 35.5. The van der Waals surface area contributed by atoms with Crippen LogP contribution in [-0.4, -0.2) is 25.6 Å². The molecule has 1 heterocycles. The maximum atomic E-state index is 13.1. The quantitative estimate of drug-likeness (QED) is 0.832. The van der Waals surface area contributed by atoms with Gasteiger partial charge in [0.2, 0.25) is 0 Å². The number of anilines is 1. The summed E-state index contributed by atoms with van der Waals surface area (Å²) in [5.74, 6) is -1.28. The van der Waals surface area contributed by atoms with Crippen molar-refractivity contribution in [1.29, 1.82) is 0 Å². The van der Waals surface area contributed by atoms with Crippen molar-refractivity contribution in [3.05, 3.63) is 47.0 Å². The normalized spacial score (nSPS) is 11.3. The molecule has 23 heavy (non-hydrogen) atoms. The molecule has 0 saturated carbocycles. The number of aryl methyl sites for hydroxylation is 1. The molecule has 0 radical (unpaired) electrons. The summed E-state index contributed by atoms with van der Waals surface area (Å²) in [6.45, 7) is 1.83. The van der Waals surface area contributed by atoms with E-state index in [1.807, 2.05) is 0 Å². The molecule has 124 valence electrons. The first-order valence-corrected chi connectivity index (χ1v) is 8.42. The minimum Gasteiger partial charge on any atom is -0.461 e. The lowest BCUT2D eigenvalue weighted by molar-refractivity contribution is 0.0515. The maximum absolute atomic E-state index is 13.1. The van der Waals surface area contributed by atoms with Crippen molar-refractivity contribution in [2.75, 3.05) is 11.3 Å². The molecule has 2 rings (SSSR count). The molecule has 0 aliphatic heterocycles. The van der Waals surface area contributed by atoms with Crippen LogP contribution in [0.5, 0.6) is 0 Å². The second-order valence-corrected chi connectivity index (χ2v) is 6.72. The number of aromatic nitrogens is 1. The highest BCUT2D eigenvalue weighted by molar-refractivity contribution is 7.92. The van der Waals surface area contributed by atoms with Crippen molar-refractivity contribution < 1.29 is 22.3 Å². The van der Waals surface area contributed by atoms with Gasteiger partial charge < -0.3 is 9.30 Å². The van der Waals surface area contributed by atoms with Gasteiger partial charge in [0.1, 0.15) is 16.4 Å². The monoisotopic (exact) mass is 360 g/mol. The number of nitrogens with zero attached hydrogens (tertiary/aromatic N) is 1. The average Bonchev–Trinajstić information content (AvgIpc) is 2.86. The summed E-state index contributed by atoms with van der Waals surface area (Å²) in [7, 11) is -2.42. The molecule has 2 aromatic rings. The number of hydrogen-bond donors (Lipinski definition) is 1. The number of sulfonamides is 1. The third kappa shape index (κ3) is 3.83. The summed E-state index contributed by atoms with van der Waals surface area (Å²) < 4.78 is 46.2. The number of nitrogens with one attached hydrogen (secondary N) is 1. The molecule has 9 heteroatoms. The van der Waals surface area contributed by atoms with E-state index < -0.39 is 21.8 Å². The van der Waals surface area contributed by atoms with Crippen LogP contribution in [0, 0.1) is 5.82 Å². The first kappa shape index (κ1) is 17.3. The first-order chi connectivity index (χ1) is 10.7. The van der Waals surface area contributed by atoms with Crippen molar-refractivity contribution in [3.8, 4) is 0 Å². The fraction of sp³-hybridized carbons (Fsp3) is 0.214. The molecule has 6 nitrogen and oxygen atoms in total. The Kier molecular flexibility index (Phi) is 4.96. The van der Waals surface area contributed by atoms with Gasteiger partial charge in [-0.25, -0.2) is 17.6 Å². The summed E-state index contributed by atoms with van der Waals surface area (Å²) in [4.78, 5) is 11.6. The van der Waals surface area contributed by atoms with Gasteiger partial charge in [0, 0.05) is 13.2 Å². The molecule has 0 fully saturated rings. The van der Waals surface area contributed by atoms with Gasteiger partial charge in [-0.15, -0.1) is 0 Å². The summed E-state index contributed by atoms with van der Waals surface area (Å²) in [6.07, 6.45) is 1.28.